The summed E-state index contributed by atoms with van der Waals surface area (Å²) in [4.78, 5) is 2.22. The Morgan fingerprint density at radius 3 is 2.33 bits per heavy atom. The molecule has 1 saturated heterocycles. The van der Waals surface area contributed by atoms with Crippen LogP contribution in [0.3, 0.4) is 0 Å². The van der Waals surface area contributed by atoms with E-state index in [1.807, 2.05) is 6.92 Å². The summed E-state index contributed by atoms with van der Waals surface area (Å²) in [6, 6.07) is 0. The number of halogens is 1. The van der Waals surface area contributed by atoms with Gasteiger partial charge in [-0.2, -0.15) is 0 Å². The second-order valence-electron chi connectivity index (χ2n) is 4.49. The fraction of sp³-hybridized carbons (Fsp3) is 1.00. The number of alkyl halides is 1. The van der Waals surface area contributed by atoms with E-state index in [1.54, 1.807) is 0 Å². The van der Waals surface area contributed by atoms with E-state index in [0.717, 1.165) is 25.9 Å². The first-order valence-corrected chi connectivity index (χ1v) is 7.92. The molecule has 0 N–H and O–H groups in total. The van der Waals surface area contributed by atoms with Crippen molar-refractivity contribution in [3.8, 4) is 0 Å². The molecule has 5 heteroatoms. The average molecular weight is 254 g/mol. The molecule has 0 radical (unpaired) electrons. The summed E-state index contributed by atoms with van der Waals surface area (Å²) in [6.07, 6.45) is 3.48. The van der Waals surface area contributed by atoms with Crippen molar-refractivity contribution in [1.82, 2.24) is 4.90 Å². The maximum absolute atomic E-state index is 11.0. The number of sulfone groups is 1. The Morgan fingerprint density at radius 1 is 1.40 bits per heavy atom. The van der Waals surface area contributed by atoms with E-state index in [4.69, 9.17) is 11.6 Å². The van der Waals surface area contributed by atoms with Crippen LogP contribution in [0.15, 0.2) is 0 Å². The Balaban J connectivity index is 2.26. The van der Waals surface area contributed by atoms with Crippen molar-refractivity contribution in [2.45, 2.75) is 25.1 Å². The van der Waals surface area contributed by atoms with E-state index in [-0.39, 0.29) is 11.1 Å². The third kappa shape index (κ3) is 5.18. The van der Waals surface area contributed by atoms with Gasteiger partial charge in [0.25, 0.3) is 0 Å². The van der Waals surface area contributed by atoms with E-state index in [0.29, 0.717) is 12.5 Å². The normalized spacial score (nSPS) is 22.9. The minimum absolute atomic E-state index is 0.238. The first-order valence-electron chi connectivity index (χ1n) is 5.42. The molecule has 0 aromatic rings. The van der Waals surface area contributed by atoms with Crippen molar-refractivity contribution in [2.75, 3.05) is 31.6 Å². The van der Waals surface area contributed by atoms with Crippen LogP contribution in [0.4, 0.5) is 0 Å². The van der Waals surface area contributed by atoms with Crippen LogP contribution in [0.25, 0.3) is 0 Å². The molecule has 1 aliphatic heterocycles. The Morgan fingerprint density at radius 2 is 1.93 bits per heavy atom. The number of likely N-dealkylation sites (tertiary alicyclic amines) is 1. The molecule has 1 atom stereocenters. The van der Waals surface area contributed by atoms with E-state index in [9.17, 15) is 8.42 Å². The lowest BCUT2D eigenvalue weighted by molar-refractivity contribution is 0.192. The number of rotatable bonds is 4. The molecule has 1 fully saturated rings. The Hall–Kier alpha value is 0.200. The molecule has 0 bridgehead atoms. The smallest absolute Gasteiger partial charge is 0.148 e. The molecule has 1 rings (SSSR count). The maximum atomic E-state index is 11.0. The Bertz CT molecular complexity index is 282. The second kappa shape index (κ2) is 5.51. The summed E-state index contributed by atoms with van der Waals surface area (Å²) < 4.78 is 22.0. The first-order chi connectivity index (χ1) is 6.88. The van der Waals surface area contributed by atoms with E-state index >= 15 is 0 Å². The van der Waals surface area contributed by atoms with Crippen LogP contribution in [0.5, 0.6) is 0 Å². The standard InChI is InChI=1S/C10H20ClNO2S/c1-9(11)10-3-5-12(6-4-10)7-8-15(2,13)14/h9-10H,3-8H2,1-2H3. The van der Waals surface area contributed by atoms with Gasteiger partial charge in [-0.1, -0.05) is 0 Å². The predicted molar refractivity (Wildman–Crippen MR) is 64.2 cm³/mol. The van der Waals surface area contributed by atoms with Crippen LogP contribution in [0.2, 0.25) is 0 Å². The number of hydrogen-bond donors (Lipinski definition) is 0. The number of hydrogen-bond acceptors (Lipinski definition) is 3. The van der Waals surface area contributed by atoms with Gasteiger partial charge in [0.1, 0.15) is 9.84 Å². The van der Waals surface area contributed by atoms with Crippen LogP contribution >= 0.6 is 11.6 Å². The van der Waals surface area contributed by atoms with Gasteiger partial charge in [0.15, 0.2) is 0 Å². The summed E-state index contributed by atoms with van der Waals surface area (Å²) in [7, 11) is -2.82. The van der Waals surface area contributed by atoms with E-state index in [1.165, 1.54) is 6.26 Å². The molecular formula is C10H20ClNO2S. The second-order valence-corrected chi connectivity index (χ2v) is 7.43. The van der Waals surface area contributed by atoms with Gasteiger partial charge < -0.3 is 4.90 Å². The van der Waals surface area contributed by atoms with Crippen molar-refractivity contribution in [1.29, 1.82) is 0 Å². The molecule has 1 unspecified atom stereocenters. The third-order valence-electron chi connectivity index (χ3n) is 3.06. The maximum Gasteiger partial charge on any atom is 0.148 e. The van der Waals surface area contributed by atoms with Gasteiger partial charge in [-0.05, 0) is 38.8 Å². The van der Waals surface area contributed by atoms with Crippen molar-refractivity contribution >= 4 is 21.4 Å². The van der Waals surface area contributed by atoms with Crippen molar-refractivity contribution in [3.63, 3.8) is 0 Å². The highest BCUT2D eigenvalue weighted by Gasteiger charge is 2.22. The Labute approximate surface area is 97.7 Å². The average Bonchev–Trinajstić information content (AvgIpc) is 2.14. The van der Waals surface area contributed by atoms with Gasteiger partial charge in [0.05, 0.1) is 5.75 Å². The molecule has 0 saturated carbocycles. The lowest BCUT2D eigenvalue weighted by Gasteiger charge is -2.32. The van der Waals surface area contributed by atoms with Crippen LogP contribution in [0, 0.1) is 5.92 Å². The molecule has 1 heterocycles. The van der Waals surface area contributed by atoms with Crippen LogP contribution in [0.1, 0.15) is 19.8 Å². The molecule has 0 amide bonds. The molecule has 90 valence electrons. The molecular weight excluding hydrogens is 234 g/mol. The summed E-state index contributed by atoms with van der Waals surface area (Å²) in [5.41, 5.74) is 0. The molecule has 0 aliphatic carbocycles. The van der Waals surface area contributed by atoms with Gasteiger partial charge in [0, 0.05) is 18.2 Å². The van der Waals surface area contributed by atoms with Crippen LogP contribution in [-0.2, 0) is 9.84 Å². The summed E-state index contributed by atoms with van der Waals surface area (Å²) in [5, 5.41) is 0.238. The van der Waals surface area contributed by atoms with Crippen molar-refractivity contribution in [3.05, 3.63) is 0 Å². The number of nitrogens with zero attached hydrogens (tertiary/aromatic N) is 1. The quantitative estimate of drug-likeness (QED) is 0.711. The lowest BCUT2D eigenvalue weighted by atomic mass is 9.94. The SMILES string of the molecule is CC(Cl)C1CCN(CCS(C)(=O)=O)CC1. The zero-order valence-electron chi connectivity index (χ0n) is 9.45. The highest BCUT2D eigenvalue weighted by atomic mass is 35.5. The molecule has 0 spiro atoms. The fourth-order valence-corrected chi connectivity index (χ4v) is 2.77. The van der Waals surface area contributed by atoms with Gasteiger partial charge in [-0.3, -0.25) is 0 Å². The molecule has 0 aromatic carbocycles. The third-order valence-corrected chi connectivity index (χ3v) is 4.34. The summed E-state index contributed by atoms with van der Waals surface area (Å²) in [5.74, 6) is 0.870. The monoisotopic (exact) mass is 253 g/mol. The van der Waals surface area contributed by atoms with Gasteiger partial charge in [0.2, 0.25) is 0 Å². The highest BCUT2D eigenvalue weighted by Crippen LogP contribution is 2.23. The molecule has 15 heavy (non-hydrogen) atoms. The van der Waals surface area contributed by atoms with E-state index < -0.39 is 9.84 Å². The fourth-order valence-electron chi connectivity index (χ4n) is 1.93. The molecule has 0 aromatic heterocycles. The van der Waals surface area contributed by atoms with Crippen molar-refractivity contribution < 1.29 is 8.42 Å². The zero-order valence-corrected chi connectivity index (χ0v) is 11.0. The lowest BCUT2D eigenvalue weighted by Crippen LogP contribution is -2.38. The highest BCUT2D eigenvalue weighted by molar-refractivity contribution is 7.90. The van der Waals surface area contributed by atoms with Crippen molar-refractivity contribution in [2.24, 2.45) is 5.92 Å². The minimum atomic E-state index is -2.82. The van der Waals surface area contributed by atoms with Gasteiger partial charge >= 0.3 is 0 Å². The van der Waals surface area contributed by atoms with Crippen LogP contribution in [-0.4, -0.2) is 50.3 Å². The van der Waals surface area contributed by atoms with Gasteiger partial charge in [-0.15, -0.1) is 11.6 Å². The predicted octanol–water partition coefficient (Wildman–Crippen LogP) is 1.37. The first kappa shape index (κ1) is 13.3. The zero-order chi connectivity index (χ0) is 11.5. The summed E-state index contributed by atoms with van der Waals surface area (Å²) >= 11 is 6.04. The topological polar surface area (TPSA) is 37.4 Å². The molecule has 1 aliphatic rings. The minimum Gasteiger partial charge on any atom is -0.302 e. The molecule has 3 nitrogen and oxygen atoms in total. The number of piperidine rings is 1. The van der Waals surface area contributed by atoms with Gasteiger partial charge in [-0.25, -0.2) is 8.42 Å². The van der Waals surface area contributed by atoms with Crippen LogP contribution < -0.4 is 0 Å². The van der Waals surface area contributed by atoms with E-state index in [2.05, 4.69) is 4.90 Å². The Kier molecular flexibility index (Phi) is 4.87. The summed E-state index contributed by atoms with van der Waals surface area (Å²) in [6.45, 7) is 4.68. The largest absolute Gasteiger partial charge is 0.302 e.